The number of carbonyl (C=O) groups excluding carboxylic acids is 2. The summed E-state index contributed by atoms with van der Waals surface area (Å²) in [6.07, 6.45) is -1.56. The van der Waals surface area contributed by atoms with Crippen molar-refractivity contribution in [3.05, 3.63) is 59.9 Å². The van der Waals surface area contributed by atoms with Crippen LogP contribution in [0.25, 0.3) is 0 Å². The topological polar surface area (TPSA) is 91.3 Å². The number of pyridine rings is 1. The largest absolute Gasteiger partial charge is 0.416 e. The van der Waals surface area contributed by atoms with Crippen molar-refractivity contribution in [2.24, 2.45) is 0 Å². The molecule has 2 rings (SSSR count). The molecule has 0 bridgehead atoms. The lowest BCUT2D eigenvalue weighted by Crippen LogP contribution is -2.46. The Kier molecular flexibility index (Phi) is 6.29. The van der Waals surface area contributed by atoms with Gasteiger partial charge in [-0.1, -0.05) is 6.07 Å². The molecule has 0 saturated carbocycles. The first kappa shape index (κ1) is 19.4. The smallest absolute Gasteiger partial charge is 0.394 e. The molecule has 2 amide bonds. The molecule has 6 nitrogen and oxygen atoms in total. The van der Waals surface area contributed by atoms with Gasteiger partial charge in [0, 0.05) is 18.1 Å². The van der Waals surface area contributed by atoms with Gasteiger partial charge in [-0.15, -0.1) is 0 Å². The van der Waals surface area contributed by atoms with Crippen LogP contribution in [0.15, 0.2) is 48.8 Å². The number of halogens is 3. The predicted octanol–water partition coefficient (Wildman–Crippen LogP) is 1.76. The number of aliphatic hydroxyl groups is 1. The highest BCUT2D eigenvalue weighted by atomic mass is 19.4. The number of hydrogen-bond acceptors (Lipinski definition) is 4. The van der Waals surface area contributed by atoms with Crippen molar-refractivity contribution in [3.8, 4) is 0 Å². The van der Waals surface area contributed by atoms with Crippen LogP contribution in [-0.4, -0.2) is 34.6 Å². The molecule has 0 aliphatic rings. The first-order valence-corrected chi connectivity index (χ1v) is 7.57. The molecular weight excluding hydrogens is 351 g/mol. The van der Waals surface area contributed by atoms with Crippen LogP contribution < -0.4 is 10.6 Å². The first-order valence-electron chi connectivity index (χ1n) is 7.57. The fraction of sp³-hybridized carbons (Fsp3) is 0.235. The standard InChI is InChI=1S/C17H16F3N3O3/c18-17(19,20)12-2-1-3-13(9-12)22-16(26)14(10-24)23-15(25)8-11-4-6-21-7-5-11/h1-7,9,14,24H,8,10H2,(H,22,26)(H,23,25). The van der Waals surface area contributed by atoms with Gasteiger partial charge < -0.3 is 15.7 Å². The number of rotatable bonds is 6. The molecule has 1 atom stereocenters. The number of alkyl halides is 3. The van der Waals surface area contributed by atoms with Gasteiger partial charge in [-0.2, -0.15) is 13.2 Å². The second-order valence-electron chi connectivity index (χ2n) is 5.40. The van der Waals surface area contributed by atoms with E-state index in [1.165, 1.54) is 18.5 Å². The minimum Gasteiger partial charge on any atom is -0.394 e. The van der Waals surface area contributed by atoms with Crippen LogP contribution >= 0.6 is 0 Å². The van der Waals surface area contributed by atoms with Crippen molar-refractivity contribution in [2.75, 3.05) is 11.9 Å². The molecule has 0 radical (unpaired) electrons. The Morgan fingerprint density at radius 3 is 2.46 bits per heavy atom. The third kappa shape index (κ3) is 5.55. The van der Waals surface area contributed by atoms with Crippen LogP contribution in [0.5, 0.6) is 0 Å². The van der Waals surface area contributed by atoms with Crippen molar-refractivity contribution >= 4 is 17.5 Å². The number of hydrogen-bond donors (Lipinski definition) is 3. The molecule has 1 aromatic heterocycles. The highest BCUT2D eigenvalue weighted by Crippen LogP contribution is 2.30. The fourth-order valence-corrected chi connectivity index (χ4v) is 2.13. The number of amides is 2. The van der Waals surface area contributed by atoms with Crippen molar-refractivity contribution in [3.63, 3.8) is 0 Å². The van der Waals surface area contributed by atoms with Crippen molar-refractivity contribution in [1.82, 2.24) is 10.3 Å². The number of benzene rings is 1. The van der Waals surface area contributed by atoms with E-state index >= 15 is 0 Å². The zero-order valence-corrected chi connectivity index (χ0v) is 13.5. The van der Waals surface area contributed by atoms with Gasteiger partial charge in [0.15, 0.2) is 0 Å². The summed E-state index contributed by atoms with van der Waals surface area (Å²) in [5, 5.41) is 13.9. The Bertz CT molecular complexity index is 767. The molecule has 0 aliphatic carbocycles. The molecule has 0 saturated heterocycles. The molecule has 138 valence electrons. The van der Waals surface area contributed by atoms with E-state index in [1.807, 2.05) is 0 Å². The Morgan fingerprint density at radius 1 is 1.15 bits per heavy atom. The second kappa shape index (κ2) is 8.43. The summed E-state index contributed by atoms with van der Waals surface area (Å²) >= 11 is 0. The van der Waals surface area contributed by atoms with Crippen LogP contribution in [0, 0.1) is 0 Å². The van der Waals surface area contributed by atoms with Crippen molar-refractivity contribution in [1.29, 1.82) is 0 Å². The normalized spacial score (nSPS) is 12.3. The van der Waals surface area contributed by atoms with E-state index in [1.54, 1.807) is 12.1 Å². The predicted molar refractivity (Wildman–Crippen MR) is 87.0 cm³/mol. The highest BCUT2D eigenvalue weighted by Gasteiger charge is 2.30. The quantitative estimate of drug-likeness (QED) is 0.726. The number of aliphatic hydroxyl groups excluding tert-OH is 1. The van der Waals surface area contributed by atoms with Gasteiger partial charge in [-0.05, 0) is 35.9 Å². The molecule has 2 aromatic rings. The van der Waals surface area contributed by atoms with Crippen molar-refractivity contribution < 1.29 is 27.9 Å². The summed E-state index contributed by atoms with van der Waals surface area (Å²) in [4.78, 5) is 27.9. The Labute approximate surface area is 147 Å². The first-order chi connectivity index (χ1) is 12.3. The summed E-state index contributed by atoms with van der Waals surface area (Å²) in [5.41, 5.74) is -0.350. The van der Waals surface area contributed by atoms with E-state index in [9.17, 15) is 27.9 Å². The van der Waals surface area contributed by atoms with Crippen LogP contribution in [0.1, 0.15) is 11.1 Å². The Balaban J connectivity index is 1.99. The number of anilines is 1. The number of carbonyl (C=O) groups is 2. The summed E-state index contributed by atoms with van der Waals surface area (Å²) < 4.78 is 38.1. The van der Waals surface area contributed by atoms with Gasteiger partial charge in [0.2, 0.25) is 11.8 Å². The molecule has 0 fully saturated rings. The monoisotopic (exact) mass is 367 g/mol. The number of aromatic nitrogens is 1. The Morgan fingerprint density at radius 2 is 1.85 bits per heavy atom. The maximum atomic E-state index is 12.7. The molecule has 3 N–H and O–H groups in total. The zero-order valence-electron chi connectivity index (χ0n) is 13.5. The van der Waals surface area contributed by atoms with Crippen LogP contribution in [0.4, 0.5) is 18.9 Å². The van der Waals surface area contributed by atoms with Crippen molar-refractivity contribution in [2.45, 2.75) is 18.6 Å². The average molecular weight is 367 g/mol. The molecule has 0 aliphatic heterocycles. The number of nitrogens with one attached hydrogen (secondary N) is 2. The van der Waals surface area contributed by atoms with Crippen LogP contribution in [-0.2, 0) is 22.2 Å². The molecule has 1 heterocycles. The molecule has 1 unspecified atom stereocenters. The zero-order chi connectivity index (χ0) is 19.2. The molecule has 9 heteroatoms. The van der Waals surface area contributed by atoms with Gasteiger partial charge >= 0.3 is 6.18 Å². The summed E-state index contributed by atoms with van der Waals surface area (Å²) in [6.45, 7) is -0.702. The van der Waals surface area contributed by atoms with Gasteiger partial charge in [0.1, 0.15) is 6.04 Å². The van der Waals surface area contributed by atoms with E-state index in [0.717, 1.165) is 18.2 Å². The maximum absolute atomic E-state index is 12.7. The fourth-order valence-electron chi connectivity index (χ4n) is 2.13. The SMILES string of the molecule is O=C(Cc1ccncc1)NC(CO)C(=O)Nc1cccc(C(F)(F)F)c1. The summed E-state index contributed by atoms with van der Waals surface area (Å²) in [7, 11) is 0. The minimum absolute atomic E-state index is 0.0319. The van der Waals surface area contributed by atoms with Gasteiger partial charge in [0.25, 0.3) is 0 Å². The lowest BCUT2D eigenvalue weighted by Gasteiger charge is -2.17. The van der Waals surface area contributed by atoms with Gasteiger partial charge in [0.05, 0.1) is 18.6 Å². The molecule has 26 heavy (non-hydrogen) atoms. The maximum Gasteiger partial charge on any atom is 0.416 e. The van der Waals surface area contributed by atoms with E-state index in [0.29, 0.717) is 5.56 Å². The van der Waals surface area contributed by atoms with Gasteiger partial charge in [-0.3, -0.25) is 14.6 Å². The van der Waals surface area contributed by atoms with E-state index < -0.39 is 36.2 Å². The van der Waals surface area contributed by atoms with E-state index in [2.05, 4.69) is 15.6 Å². The number of nitrogens with zero attached hydrogens (tertiary/aromatic N) is 1. The van der Waals surface area contributed by atoms with Crippen LogP contribution in [0.3, 0.4) is 0 Å². The summed E-state index contributed by atoms with van der Waals surface area (Å²) in [5.74, 6) is -1.34. The van der Waals surface area contributed by atoms with Crippen LogP contribution in [0.2, 0.25) is 0 Å². The molecule has 0 spiro atoms. The Hall–Kier alpha value is -2.94. The van der Waals surface area contributed by atoms with E-state index in [4.69, 9.17) is 0 Å². The van der Waals surface area contributed by atoms with Gasteiger partial charge in [-0.25, -0.2) is 0 Å². The average Bonchev–Trinajstić information content (AvgIpc) is 2.60. The molecular formula is C17H16F3N3O3. The third-order valence-electron chi connectivity index (χ3n) is 3.41. The highest BCUT2D eigenvalue weighted by molar-refractivity contribution is 5.97. The molecule has 1 aromatic carbocycles. The second-order valence-corrected chi connectivity index (χ2v) is 5.40. The lowest BCUT2D eigenvalue weighted by atomic mass is 10.1. The lowest BCUT2D eigenvalue weighted by molar-refractivity contribution is -0.137. The minimum atomic E-state index is -4.55. The summed E-state index contributed by atoms with van der Waals surface area (Å²) in [6, 6.07) is 6.01. The van der Waals surface area contributed by atoms with E-state index in [-0.39, 0.29) is 12.1 Å². The third-order valence-corrected chi connectivity index (χ3v) is 3.41.